The Hall–Kier alpha value is -11.7. The van der Waals surface area contributed by atoms with Crippen molar-refractivity contribution in [3.63, 3.8) is 0 Å². The van der Waals surface area contributed by atoms with E-state index in [1.54, 1.807) is 5.56 Å². The Morgan fingerprint density at radius 2 is 0.381 bits per heavy atom. The molecule has 126 heavy (non-hydrogen) atoms. The van der Waals surface area contributed by atoms with Crippen LogP contribution in [0.3, 0.4) is 0 Å². The van der Waals surface area contributed by atoms with E-state index in [1.165, 1.54) is 273 Å². The highest BCUT2D eigenvalue weighted by atomic mass is 15.2. The first-order chi connectivity index (χ1) is 61.9. The third-order valence-electron chi connectivity index (χ3n) is 27.7. The first-order valence-electron chi connectivity index (χ1n) is 48.5. The van der Waals surface area contributed by atoms with Crippen LogP contribution in [-0.2, 0) is 10.8 Å². The number of benzene rings is 14. The summed E-state index contributed by atoms with van der Waals surface area (Å²) in [6.45, 7) is 18.0. The summed E-state index contributed by atoms with van der Waals surface area (Å²) < 4.78 is 0. The van der Waals surface area contributed by atoms with Gasteiger partial charge < -0.3 is 20.0 Å². The number of nitrogens with one attached hydrogen (secondary N) is 1. The zero-order valence-corrected chi connectivity index (χ0v) is 76.7. The van der Waals surface area contributed by atoms with Crippen molar-refractivity contribution < 1.29 is 0 Å². The van der Waals surface area contributed by atoms with Crippen LogP contribution in [0, 0.1) is 27.7 Å². The van der Waals surface area contributed by atoms with E-state index < -0.39 is 0 Å². The lowest BCUT2D eigenvalue weighted by Crippen LogP contribution is -2.25. The van der Waals surface area contributed by atoms with Gasteiger partial charge in [-0.1, -0.05) is 368 Å². The molecule has 0 saturated carbocycles. The molecule has 4 heteroatoms. The van der Waals surface area contributed by atoms with Crippen molar-refractivity contribution in [3.05, 3.63) is 366 Å². The number of nitrogens with zero attached hydrogens (tertiary/aromatic N) is 3. The van der Waals surface area contributed by atoms with Gasteiger partial charge in [0.05, 0.1) is 0 Å². The maximum absolute atomic E-state index is 3.62. The van der Waals surface area contributed by atoms with Crippen molar-refractivity contribution in [2.24, 2.45) is 0 Å². The summed E-state index contributed by atoms with van der Waals surface area (Å²) >= 11 is 0. The monoisotopic (exact) mass is 1660 g/mol. The second-order valence-corrected chi connectivity index (χ2v) is 36.9. The number of hydrogen-bond donors (Lipinski definition) is 1. The van der Waals surface area contributed by atoms with Gasteiger partial charge in [0.15, 0.2) is 0 Å². The summed E-state index contributed by atoms with van der Waals surface area (Å²) in [7, 11) is 0. The van der Waals surface area contributed by atoms with Crippen LogP contribution in [0.1, 0.15) is 252 Å². The molecule has 0 radical (unpaired) electrons. The second kappa shape index (κ2) is 42.1. The lowest BCUT2D eigenvalue weighted by atomic mass is 9.70. The van der Waals surface area contributed by atoms with Crippen LogP contribution in [0.25, 0.3) is 66.8 Å². The molecule has 1 N–H and O–H groups in total. The van der Waals surface area contributed by atoms with Gasteiger partial charge in [0.25, 0.3) is 0 Å². The number of fused-ring (bicyclic) bond motifs is 6. The molecule has 0 spiro atoms. The van der Waals surface area contributed by atoms with E-state index in [4.69, 9.17) is 0 Å². The lowest BCUT2D eigenvalue weighted by molar-refractivity contribution is 0.398. The molecule has 14 aromatic rings. The minimum atomic E-state index is -0.124. The van der Waals surface area contributed by atoms with E-state index in [0.29, 0.717) is 0 Å². The molecule has 0 atom stereocenters. The zero-order chi connectivity index (χ0) is 86.6. The minimum Gasteiger partial charge on any atom is -0.356 e. The fourth-order valence-electron chi connectivity index (χ4n) is 20.6. The van der Waals surface area contributed by atoms with E-state index in [9.17, 15) is 0 Å². The first-order valence-corrected chi connectivity index (χ1v) is 48.5. The highest BCUT2D eigenvalue weighted by Crippen LogP contribution is 2.59. The van der Waals surface area contributed by atoms with Crippen LogP contribution < -0.4 is 20.0 Å². The zero-order valence-electron chi connectivity index (χ0n) is 76.7. The van der Waals surface area contributed by atoms with E-state index in [2.05, 4.69) is 397 Å². The third-order valence-corrected chi connectivity index (χ3v) is 27.7. The fourth-order valence-corrected chi connectivity index (χ4v) is 20.6. The average Bonchev–Trinajstić information content (AvgIpc) is 1.56. The lowest BCUT2D eigenvalue weighted by Gasteiger charge is -2.33. The Labute approximate surface area is 756 Å². The first kappa shape index (κ1) is 87.7. The third kappa shape index (κ3) is 20.2. The molecule has 0 aliphatic heterocycles. The maximum atomic E-state index is 3.62. The highest BCUT2D eigenvalue weighted by molar-refractivity contribution is 5.91. The summed E-state index contributed by atoms with van der Waals surface area (Å²) in [6.07, 6.45) is 35.5. The van der Waals surface area contributed by atoms with Crippen LogP contribution in [0.4, 0.5) is 62.6 Å². The van der Waals surface area contributed by atoms with Crippen LogP contribution in [0.15, 0.2) is 322 Å². The molecule has 0 aromatic heterocycles. The molecule has 0 heterocycles. The van der Waals surface area contributed by atoms with Crippen molar-refractivity contribution in [2.45, 2.75) is 246 Å². The molecular weight excluding hydrogens is 1520 g/mol. The van der Waals surface area contributed by atoms with E-state index in [0.717, 1.165) is 75.4 Å². The molecule has 0 unspecified atom stereocenters. The van der Waals surface area contributed by atoms with Crippen molar-refractivity contribution in [1.29, 1.82) is 0 Å². The largest absolute Gasteiger partial charge is 0.356 e. The Bertz CT molecular complexity index is 5770. The van der Waals surface area contributed by atoms with E-state index >= 15 is 0 Å². The summed E-state index contributed by atoms with van der Waals surface area (Å²) in [6, 6.07) is 123. The number of rotatable bonds is 43. The molecular formula is C122H134N4. The number of aryl methyl sites for hydroxylation is 4. The van der Waals surface area contributed by atoms with Gasteiger partial charge >= 0.3 is 0 Å². The molecule has 0 saturated heterocycles. The average molecular weight is 1660 g/mol. The van der Waals surface area contributed by atoms with Gasteiger partial charge in [-0.25, -0.2) is 0 Å². The van der Waals surface area contributed by atoms with Gasteiger partial charge in [0.1, 0.15) is 0 Å². The van der Waals surface area contributed by atoms with Crippen LogP contribution in [-0.4, -0.2) is 0 Å². The second-order valence-electron chi connectivity index (χ2n) is 36.9. The minimum absolute atomic E-state index is 0.0474. The normalized spacial score (nSPS) is 12.7. The van der Waals surface area contributed by atoms with E-state index in [1.807, 2.05) is 0 Å². The summed E-state index contributed by atoms with van der Waals surface area (Å²) in [5.74, 6) is 0. The Kier molecular flexibility index (Phi) is 29.3. The summed E-state index contributed by atoms with van der Waals surface area (Å²) in [4.78, 5) is 7.26. The fraction of sp³-hybridized carbons (Fsp3) is 0.311. The van der Waals surface area contributed by atoms with Gasteiger partial charge in [0.2, 0.25) is 0 Å². The van der Waals surface area contributed by atoms with Crippen molar-refractivity contribution in [2.75, 3.05) is 20.0 Å². The Morgan fingerprint density at radius 3 is 0.635 bits per heavy atom. The molecule has 642 valence electrons. The smallest absolute Gasteiger partial charge is 0.0463 e. The van der Waals surface area contributed by atoms with E-state index in [-0.39, 0.29) is 10.8 Å². The molecule has 0 fully saturated rings. The molecule has 2 aliphatic rings. The van der Waals surface area contributed by atoms with Gasteiger partial charge in [-0.05, 0) is 300 Å². The quantitative estimate of drug-likeness (QED) is 0.0385. The topological polar surface area (TPSA) is 21.8 Å². The maximum Gasteiger partial charge on any atom is 0.0463 e. The molecule has 4 nitrogen and oxygen atoms in total. The molecule has 16 rings (SSSR count). The predicted octanol–water partition coefficient (Wildman–Crippen LogP) is 37.3. The highest BCUT2D eigenvalue weighted by Gasteiger charge is 2.45. The summed E-state index contributed by atoms with van der Waals surface area (Å²) in [5, 5.41) is 3.62. The van der Waals surface area contributed by atoms with Crippen LogP contribution in [0.2, 0.25) is 0 Å². The number of anilines is 11. The van der Waals surface area contributed by atoms with Gasteiger partial charge in [-0.2, -0.15) is 0 Å². The van der Waals surface area contributed by atoms with Crippen molar-refractivity contribution >= 4 is 62.6 Å². The summed E-state index contributed by atoms with van der Waals surface area (Å²) in [5.41, 5.74) is 39.0. The standard InChI is InChI=1S/C122H134N4/c1-9-13-17-21-25-32-82-121(83-33-26-22-18-14-10-2)117-86-98(94-36-30-29-31-37-94)52-78-113(117)114-79-53-99(87-118(114)121)96-48-68-108(69-49-96)125(105-62-42-92(7)43-63-105)111-74-76-112(77-75-111)126(106-64-44-93(8)45-65-106)109-70-50-97(51-71-109)101-55-81-116-115-80-54-100(88-119(115)122(120(116)89-101,84-34-27-23-19-15-11-3)85-35-28-24-20-16-12-4)95-46-66-107(67-47-95)124(104-60-40-91(6)41-61-104)110-72-58-103(59-73-110)123-102-56-38-90(5)39-57-102/h29-31,36-81,86-89,123H,9-28,32-35,82-85H2,1-8H3. The molecule has 14 aromatic carbocycles. The molecule has 0 amide bonds. The Morgan fingerprint density at radius 1 is 0.190 bits per heavy atom. The predicted molar refractivity (Wildman–Crippen MR) is 545 cm³/mol. The van der Waals surface area contributed by atoms with Gasteiger partial charge in [0, 0.05) is 73.4 Å². The van der Waals surface area contributed by atoms with Gasteiger partial charge in [-0.3, -0.25) is 0 Å². The molecule has 2 aliphatic carbocycles. The SMILES string of the molecule is CCCCCCCCC1(CCCCCCCC)c2cc(-c3ccccc3)ccc2-c2ccc(-c3ccc(N(c4ccc(C)cc4)c4ccc(N(c5ccc(C)cc5)c5ccc(-c6ccc7c(c6)C(CCCCCCCC)(CCCCCCCC)c6cc(-c8ccc(N(c9ccc(C)cc9)c9ccc(Nc%10ccc(C)cc%10)cc9)cc8)ccc6-7)cc5)cc4)cc3)cc21. The Balaban J connectivity index is 0.700. The van der Waals surface area contributed by atoms with Gasteiger partial charge in [-0.15, -0.1) is 0 Å². The number of unbranched alkanes of at least 4 members (excludes halogenated alkanes) is 20. The molecule has 0 bridgehead atoms. The van der Waals surface area contributed by atoms with Crippen LogP contribution >= 0.6 is 0 Å². The van der Waals surface area contributed by atoms with Crippen molar-refractivity contribution in [1.82, 2.24) is 0 Å². The number of hydrogen-bond acceptors (Lipinski definition) is 4. The van der Waals surface area contributed by atoms with Crippen LogP contribution in [0.5, 0.6) is 0 Å². The van der Waals surface area contributed by atoms with Crippen molar-refractivity contribution in [3.8, 4) is 66.8 Å².